The molecule has 1 heterocycles. The number of carboxylic acid groups (broad SMARTS) is 1. The molecule has 2 aromatic carbocycles. The molecule has 0 amide bonds. The minimum Gasteiger partial charge on any atom is -0.483 e. The van der Waals surface area contributed by atoms with E-state index in [0.717, 1.165) is 16.1 Å². The summed E-state index contributed by atoms with van der Waals surface area (Å²) in [5.74, 6) is 0.562. The molecule has 6 nitrogen and oxygen atoms in total. The summed E-state index contributed by atoms with van der Waals surface area (Å²) in [4.78, 5) is 17.0. The predicted molar refractivity (Wildman–Crippen MR) is 91.7 cm³/mol. The normalized spacial score (nSPS) is 14.9. The molecule has 2 aromatic rings. The van der Waals surface area contributed by atoms with Crippen molar-refractivity contribution in [1.82, 2.24) is 5.06 Å². The van der Waals surface area contributed by atoms with Gasteiger partial charge in [-0.15, -0.1) is 0 Å². The Bertz CT molecular complexity index is 866. The fraction of sp³-hybridized carbons (Fsp3) is 0.118. The molecule has 2 N–H and O–H groups in total. The van der Waals surface area contributed by atoms with E-state index in [2.05, 4.69) is 9.98 Å². The SMILES string of the molecule is CN=C1CN(O)C(c2ccccc2)=c2cc(Cl)ccc2=N1.O=CO. The third-order valence-electron chi connectivity index (χ3n) is 3.32. The summed E-state index contributed by atoms with van der Waals surface area (Å²) in [7, 11) is 1.66. The molecule has 7 heteroatoms. The minimum absolute atomic E-state index is 0.229. The second-order valence-corrected chi connectivity index (χ2v) is 5.23. The number of hydroxylamine groups is 2. The standard InChI is InChI=1S/C16H14ClN3O.CH2O2/c1-18-15-10-20(21)16(11-5-3-2-4-6-11)13-9-12(17)7-8-14(13)19-15;2-1-3/h2-9,21H,10H2,1H3;1H,(H,2,3). The highest BCUT2D eigenvalue weighted by Crippen LogP contribution is 2.15. The molecule has 1 aliphatic rings. The minimum atomic E-state index is -0.250. The van der Waals surface area contributed by atoms with Crippen LogP contribution < -0.4 is 10.6 Å². The Hall–Kier alpha value is -2.70. The van der Waals surface area contributed by atoms with Gasteiger partial charge in [0.15, 0.2) is 0 Å². The van der Waals surface area contributed by atoms with E-state index in [1.807, 2.05) is 42.5 Å². The number of nitrogens with zero attached hydrogens (tertiary/aromatic N) is 3. The van der Waals surface area contributed by atoms with E-state index in [-0.39, 0.29) is 13.0 Å². The first-order valence-corrected chi connectivity index (χ1v) is 7.42. The smallest absolute Gasteiger partial charge is 0.290 e. The van der Waals surface area contributed by atoms with Crippen molar-refractivity contribution in [3.05, 3.63) is 69.7 Å². The number of carbonyl (C=O) groups is 1. The maximum Gasteiger partial charge on any atom is 0.290 e. The predicted octanol–water partition coefficient (Wildman–Crippen LogP) is 1.55. The average molecular weight is 346 g/mol. The third-order valence-corrected chi connectivity index (χ3v) is 3.55. The van der Waals surface area contributed by atoms with Crippen LogP contribution in [0.1, 0.15) is 5.56 Å². The molecule has 1 aliphatic heterocycles. The van der Waals surface area contributed by atoms with E-state index in [0.29, 0.717) is 16.6 Å². The summed E-state index contributed by atoms with van der Waals surface area (Å²) in [6.45, 7) is -0.0208. The van der Waals surface area contributed by atoms with E-state index in [1.165, 1.54) is 5.06 Å². The van der Waals surface area contributed by atoms with Crippen LogP contribution in [0.15, 0.2) is 58.5 Å². The van der Waals surface area contributed by atoms with Crippen LogP contribution in [0, 0.1) is 0 Å². The lowest BCUT2D eigenvalue weighted by Gasteiger charge is -2.19. The van der Waals surface area contributed by atoms with Crippen molar-refractivity contribution < 1.29 is 15.1 Å². The molecule has 24 heavy (non-hydrogen) atoms. The molecule has 0 fully saturated rings. The van der Waals surface area contributed by atoms with Gasteiger partial charge < -0.3 is 5.11 Å². The Morgan fingerprint density at radius 2 is 1.92 bits per heavy atom. The molecule has 0 spiro atoms. The molecule has 0 aromatic heterocycles. The number of hydrogen-bond acceptors (Lipinski definition) is 4. The lowest BCUT2D eigenvalue weighted by atomic mass is 10.1. The number of benzene rings is 2. The number of rotatable bonds is 1. The number of hydrogen-bond donors (Lipinski definition) is 2. The van der Waals surface area contributed by atoms with E-state index in [1.54, 1.807) is 13.1 Å². The number of aliphatic imine (C=N–C) groups is 1. The molecule has 0 saturated carbocycles. The van der Waals surface area contributed by atoms with Gasteiger partial charge in [0.25, 0.3) is 6.47 Å². The Morgan fingerprint density at radius 1 is 1.25 bits per heavy atom. The van der Waals surface area contributed by atoms with Crippen molar-refractivity contribution in [2.75, 3.05) is 13.6 Å². The molecule has 0 unspecified atom stereocenters. The van der Waals surface area contributed by atoms with Crippen LogP contribution in [0.2, 0.25) is 5.02 Å². The molecule has 124 valence electrons. The second-order valence-electron chi connectivity index (χ2n) is 4.79. The summed E-state index contributed by atoms with van der Waals surface area (Å²) in [6.07, 6.45) is 0. The van der Waals surface area contributed by atoms with Crippen molar-refractivity contribution in [3.63, 3.8) is 0 Å². The lowest BCUT2D eigenvalue weighted by molar-refractivity contribution is -0.122. The highest BCUT2D eigenvalue weighted by Gasteiger charge is 2.17. The van der Waals surface area contributed by atoms with Gasteiger partial charge in [0.2, 0.25) is 0 Å². The highest BCUT2D eigenvalue weighted by molar-refractivity contribution is 6.30. The largest absolute Gasteiger partial charge is 0.483 e. The fourth-order valence-electron chi connectivity index (χ4n) is 2.34. The zero-order valence-corrected chi connectivity index (χ0v) is 13.7. The molecule has 0 atom stereocenters. The Labute approximate surface area is 143 Å². The summed E-state index contributed by atoms with van der Waals surface area (Å²) in [6, 6.07) is 15.1. The van der Waals surface area contributed by atoms with Crippen LogP contribution in [-0.4, -0.2) is 41.3 Å². The van der Waals surface area contributed by atoms with E-state index < -0.39 is 0 Å². The summed E-state index contributed by atoms with van der Waals surface area (Å²) in [5.41, 5.74) is 1.58. The third kappa shape index (κ3) is 3.98. The van der Waals surface area contributed by atoms with Gasteiger partial charge in [-0.2, -0.15) is 0 Å². The van der Waals surface area contributed by atoms with E-state index >= 15 is 0 Å². The quantitative estimate of drug-likeness (QED) is 0.768. The van der Waals surface area contributed by atoms with Gasteiger partial charge in [-0.25, -0.2) is 10.1 Å². The van der Waals surface area contributed by atoms with E-state index in [9.17, 15) is 5.21 Å². The van der Waals surface area contributed by atoms with Crippen molar-refractivity contribution in [2.45, 2.75) is 0 Å². The Kier molecular flexibility index (Phi) is 6.06. The molecule has 3 rings (SSSR count). The van der Waals surface area contributed by atoms with Gasteiger partial charge in [0.1, 0.15) is 12.4 Å². The van der Waals surface area contributed by atoms with Crippen LogP contribution in [0.5, 0.6) is 0 Å². The topological polar surface area (TPSA) is 85.5 Å². The van der Waals surface area contributed by atoms with Crippen molar-refractivity contribution >= 4 is 29.6 Å². The Morgan fingerprint density at radius 3 is 2.54 bits per heavy atom. The van der Waals surface area contributed by atoms with Gasteiger partial charge in [-0.3, -0.25) is 15.0 Å². The maximum atomic E-state index is 10.5. The monoisotopic (exact) mass is 345 g/mol. The number of fused-ring (bicyclic) bond motifs is 1. The van der Waals surface area contributed by atoms with Gasteiger partial charge >= 0.3 is 0 Å². The number of halogens is 1. The number of amidine groups is 1. The molecule has 0 bridgehead atoms. The second kappa shape index (κ2) is 8.24. The van der Waals surface area contributed by atoms with Gasteiger partial charge in [-0.05, 0) is 18.2 Å². The van der Waals surface area contributed by atoms with Crippen LogP contribution in [-0.2, 0) is 4.79 Å². The van der Waals surface area contributed by atoms with Gasteiger partial charge in [-0.1, -0.05) is 41.9 Å². The molecule has 0 saturated heterocycles. The Balaban J connectivity index is 0.000000647. The summed E-state index contributed by atoms with van der Waals surface area (Å²) >= 11 is 6.12. The van der Waals surface area contributed by atoms with Crippen molar-refractivity contribution in [2.24, 2.45) is 9.98 Å². The summed E-state index contributed by atoms with van der Waals surface area (Å²) in [5, 5.41) is 20.6. The van der Waals surface area contributed by atoms with Crippen LogP contribution >= 0.6 is 11.6 Å². The maximum absolute atomic E-state index is 10.5. The lowest BCUT2D eigenvalue weighted by Crippen LogP contribution is -2.31. The first-order chi connectivity index (χ1) is 11.6. The first-order valence-electron chi connectivity index (χ1n) is 7.04. The molecular weight excluding hydrogens is 330 g/mol. The van der Waals surface area contributed by atoms with Crippen molar-refractivity contribution in [1.29, 1.82) is 0 Å². The van der Waals surface area contributed by atoms with Gasteiger partial charge in [0, 0.05) is 22.9 Å². The van der Waals surface area contributed by atoms with Crippen LogP contribution in [0.4, 0.5) is 0 Å². The van der Waals surface area contributed by atoms with E-state index in [4.69, 9.17) is 21.5 Å². The van der Waals surface area contributed by atoms with Gasteiger partial charge in [0.05, 0.1) is 11.1 Å². The summed E-state index contributed by atoms with van der Waals surface area (Å²) < 4.78 is 0. The zero-order valence-electron chi connectivity index (χ0n) is 12.9. The van der Waals surface area contributed by atoms with Crippen molar-refractivity contribution in [3.8, 4) is 0 Å². The molecular formula is C17H16ClN3O3. The molecule has 0 radical (unpaired) electrons. The molecule has 0 aliphatic carbocycles. The highest BCUT2D eigenvalue weighted by atomic mass is 35.5. The zero-order chi connectivity index (χ0) is 17.5. The van der Waals surface area contributed by atoms with Crippen LogP contribution in [0.25, 0.3) is 5.70 Å². The first kappa shape index (κ1) is 17.7. The fourth-order valence-corrected chi connectivity index (χ4v) is 2.52. The van der Waals surface area contributed by atoms with Crippen LogP contribution in [0.3, 0.4) is 0 Å². The average Bonchev–Trinajstić information content (AvgIpc) is 2.71.